The molecule has 126 valence electrons. The van der Waals surface area contributed by atoms with Crippen LogP contribution in [0.25, 0.3) is 0 Å². The molecule has 1 saturated heterocycles. The van der Waals surface area contributed by atoms with Gasteiger partial charge in [0.15, 0.2) is 0 Å². The number of hydrogen-bond donors (Lipinski definition) is 1. The number of piperazine rings is 1. The van der Waals surface area contributed by atoms with Crippen molar-refractivity contribution in [1.82, 2.24) is 10.2 Å². The van der Waals surface area contributed by atoms with E-state index in [2.05, 4.69) is 10.2 Å². The Bertz CT molecular complexity index is 521. The van der Waals surface area contributed by atoms with Crippen molar-refractivity contribution in [3.8, 4) is 0 Å². The normalized spacial score (nSPS) is 20.2. The number of anilines is 1. The standard InChI is InChI=1S/C18H26ClN3O/c19-16-9-5-6-10-17(16)21-11-13-22(14-12-21)18(23)20-15-7-3-1-2-4-8-15/h5-6,9-10,15H,1-4,7-8,11-14H2,(H,20,23). The molecule has 0 radical (unpaired) electrons. The number of para-hydroxylation sites is 1. The summed E-state index contributed by atoms with van der Waals surface area (Å²) in [6, 6.07) is 8.39. The van der Waals surface area contributed by atoms with E-state index in [0.29, 0.717) is 6.04 Å². The van der Waals surface area contributed by atoms with Crippen LogP contribution >= 0.6 is 11.6 Å². The van der Waals surface area contributed by atoms with E-state index in [1.54, 1.807) is 0 Å². The van der Waals surface area contributed by atoms with E-state index in [1.165, 1.54) is 25.7 Å². The van der Waals surface area contributed by atoms with Gasteiger partial charge in [-0.1, -0.05) is 49.4 Å². The van der Waals surface area contributed by atoms with Crippen LogP contribution in [0.2, 0.25) is 5.02 Å². The largest absolute Gasteiger partial charge is 0.367 e. The molecule has 1 saturated carbocycles. The molecule has 1 aromatic carbocycles. The van der Waals surface area contributed by atoms with Crippen LogP contribution in [0.1, 0.15) is 38.5 Å². The second-order valence-corrected chi connectivity index (χ2v) is 6.97. The van der Waals surface area contributed by atoms with Gasteiger partial charge in [0.05, 0.1) is 10.7 Å². The Morgan fingerprint density at radius 3 is 2.30 bits per heavy atom. The van der Waals surface area contributed by atoms with Crippen LogP contribution in [0, 0.1) is 0 Å². The molecule has 0 spiro atoms. The van der Waals surface area contributed by atoms with Gasteiger partial charge in [-0.15, -0.1) is 0 Å². The fraction of sp³-hybridized carbons (Fsp3) is 0.611. The van der Waals surface area contributed by atoms with Gasteiger partial charge in [-0.3, -0.25) is 0 Å². The lowest BCUT2D eigenvalue weighted by Gasteiger charge is -2.37. The van der Waals surface area contributed by atoms with E-state index >= 15 is 0 Å². The molecular formula is C18H26ClN3O. The van der Waals surface area contributed by atoms with Gasteiger partial charge in [-0.25, -0.2) is 4.79 Å². The van der Waals surface area contributed by atoms with Gasteiger partial charge in [-0.2, -0.15) is 0 Å². The molecule has 0 atom stereocenters. The van der Waals surface area contributed by atoms with Gasteiger partial charge >= 0.3 is 6.03 Å². The zero-order valence-electron chi connectivity index (χ0n) is 13.6. The van der Waals surface area contributed by atoms with Crippen molar-refractivity contribution in [2.24, 2.45) is 0 Å². The molecule has 23 heavy (non-hydrogen) atoms. The second kappa shape index (κ2) is 7.91. The molecule has 2 amide bonds. The van der Waals surface area contributed by atoms with Gasteiger partial charge < -0.3 is 15.1 Å². The Hall–Kier alpha value is -1.42. The third-order valence-electron chi connectivity index (χ3n) is 4.94. The summed E-state index contributed by atoms with van der Waals surface area (Å²) in [6.45, 7) is 3.18. The number of benzene rings is 1. The number of amides is 2. The third-order valence-corrected chi connectivity index (χ3v) is 5.26. The Morgan fingerprint density at radius 2 is 1.65 bits per heavy atom. The van der Waals surface area contributed by atoms with E-state index in [4.69, 9.17) is 11.6 Å². The second-order valence-electron chi connectivity index (χ2n) is 6.56. The molecule has 4 nitrogen and oxygen atoms in total. The summed E-state index contributed by atoms with van der Waals surface area (Å²) in [7, 11) is 0. The van der Waals surface area contributed by atoms with E-state index in [9.17, 15) is 4.79 Å². The van der Waals surface area contributed by atoms with Crippen molar-refractivity contribution in [2.45, 2.75) is 44.6 Å². The SMILES string of the molecule is O=C(NC1CCCCCC1)N1CCN(c2ccccc2Cl)CC1. The number of rotatable bonds is 2. The average Bonchev–Trinajstić information content (AvgIpc) is 2.84. The van der Waals surface area contributed by atoms with Crippen LogP contribution in [0.3, 0.4) is 0 Å². The zero-order chi connectivity index (χ0) is 16.1. The molecule has 1 heterocycles. The van der Waals surface area contributed by atoms with Gasteiger partial charge in [0.25, 0.3) is 0 Å². The summed E-state index contributed by atoms with van der Waals surface area (Å²) in [5, 5.41) is 4.02. The van der Waals surface area contributed by atoms with E-state index in [0.717, 1.165) is 49.7 Å². The van der Waals surface area contributed by atoms with E-state index in [-0.39, 0.29) is 6.03 Å². The molecule has 0 bridgehead atoms. The molecule has 5 heteroatoms. The Kier molecular flexibility index (Phi) is 5.65. The molecule has 1 N–H and O–H groups in total. The number of carbonyl (C=O) groups is 1. The molecule has 1 aromatic rings. The molecule has 1 aliphatic heterocycles. The average molecular weight is 336 g/mol. The third kappa shape index (κ3) is 4.31. The molecule has 2 aliphatic rings. The van der Waals surface area contributed by atoms with Crippen LogP contribution in [-0.4, -0.2) is 43.2 Å². The number of halogens is 1. The van der Waals surface area contributed by atoms with Gasteiger partial charge in [0, 0.05) is 32.2 Å². The highest BCUT2D eigenvalue weighted by molar-refractivity contribution is 6.33. The molecule has 3 rings (SSSR count). The van der Waals surface area contributed by atoms with Crippen LogP contribution in [-0.2, 0) is 0 Å². The van der Waals surface area contributed by atoms with Crippen LogP contribution < -0.4 is 10.2 Å². The van der Waals surface area contributed by atoms with Crippen LogP contribution in [0.4, 0.5) is 10.5 Å². The minimum atomic E-state index is 0.107. The fourth-order valence-corrected chi connectivity index (χ4v) is 3.80. The van der Waals surface area contributed by atoms with Crippen LogP contribution in [0.5, 0.6) is 0 Å². The van der Waals surface area contributed by atoms with Crippen molar-refractivity contribution in [3.05, 3.63) is 29.3 Å². The predicted molar refractivity (Wildman–Crippen MR) is 95.3 cm³/mol. The van der Waals surface area contributed by atoms with E-state index in [1.807, 2.05) is 29.2 Å². The summed E-state index contributed by atoms with van der Waals surface area (Å²) >= 11 is 6.27. The fourth-order valence-electron chi connectivity index (χ4n) is 3.55. The van der Waals surface area contributed by atoms with E-state index < -0.39 is 0 Å². The highest BCUT2D eigenvalue weighted by atomic mass is 35.5. The van der Waals surface area contributed by atoms with Crippen molar-refractivity contribution in [3.63, 3.8) is 0 Å². The lowest BCUT2D eigenvalue weighted by molar-refractivity contribution is 0.189. The maximum absolute atomic E-state index is 12.5. The lowest BCUT2D eigenvalue weighted by Crippen LogP contribution is -2.53. The van der Waals surface area contributed by atoms with Crippen molar-refractivity contribution in [1.29, 1.82) is 0 Å². The molecule has 0 unspecified atom stereocenters. The Labute approximate surface area is 143 Å². The smallest absolute Gasteiger partial charge is 0.317 e. The number of nitrogens with zero attached hydrogens (tertiary/aromatic N) is 2. The summed E-state index contributed by atoms with van der Waals surface area (Å²) in [6.07, 6.45) is 7.36. The van der Waals surface area contributed by atoms with Crippen molar-refractivity contribution >= 4 is 23.3 Å². The van der Waals surface area contributed by atoms with Crippen LogP contribution in [0.15, 0.2) is 24.3 Å². The molecule has 0 aromatic heterocycles. The highest BCUT2D eigenvalue weighted by Gasteiger charge is 2.24. The first-order valence-corrected chi connectivity index (χ1v) is 9.17. The van der Waals surface area contributed by atoms with Crippen molar-refractivity contribution in [2.75, 3.05) is 31.1 Å². The zero-order valence-corrected chi connectivity index (χ0v) is 14.4. The van der Waals surface area contributed by atoms with Gasteiger partial charge in [0.1, 0.15) is 0 Å². The summed E-state index contributed by atoms with van der Waals surface area (Å²) in [5.41, 5.74) is 1.07. The summed E-state index contributed by atoms with van der Waals surface area (Å²) in [5.74, 6) is 0. The van der Waals surface area contributed by atoms with Gasteiger partial charge in [0.2, 0.25) is 0 Å². The molecular weight excluding hydrogens is 310 g/mol. The molecule has 1 aliphatic carbocycles. The Morgan fingerprint density at radius 1 is 1.00 bits per heavy atom. The minimum Gasteiger partial charge on any atom is -0.367 e. The quantitative estimate of drug-likeness (QED) is 0.832. The number of nitrogens with one attached hydrogen (secondary N) is 1. The first-order valence-electron chi connectivity index (χ1n) is 8.79. The topological polar surface area (TPSA) is 35.6 Å². The Balaban J connectivity index is 1.50. The summed E-state index contributed by atoms with van der Waals surface area (Å²) < 4.78 is 0. The first-order chi connectivity index (χ1) is 11.2. The van der Waals surface area contributed by atoms with Crippen molar-refractivity contribution < 1.29 is 4.79 Å². The number of carbonyl (C=O) groups excluding carboxylic acids is 1. The highest BCUT2D eigenvalue weighted by Crippen LogP contribution is 2.26. The number of urea groups is 1. The lowest BCUT2D eigenvalue weighted by atomic mass is 10.1. The molecule has 2 fully saturated rings. The first kappa shape index (κ1) is 16.4. The summed E-state index contributed by atoms with van der Waals surface area (Å²) in [4.78, 5) is 16.7. The predicted octanol–water partition coefficient (Wildman–Crippen LogP) is 3.89. The maximum atomic E-state index is 12.5. The maximum Gasteiger partial charge on any atom is 0.317 e. The number of hydrogen-bond acceptors (Lipinski definition) is 2. The monoisotopic (exact) mass is 335 g/mol. The minimum absolute atomic E-state index is 0.107. The van der Waals surface area contributed by atoms with Gasteiger partial charge in [-0.05, 0) is 25.0 Å².